The van der Waals surface area contributed by atoms with Crippen molar-refractivity contribution in [1.29, 1.82) is 0 Å². The van der Waals surface area contributed by atoms with Gasteiger partial charge in [-0.3, -0.25) is 4.98 Å². The normalized spacial score (nSPS) is 12.1. The molecule has 2 heteroatoms. The van der Waals surface area contributed by atoms with Gasteiger partial charge < -0.3 is 5.73 Å². The second-order valence-corrected chi connectivity index (χ2v) is 3.41. The summed E-state index contributed by atoms with van der Waals surface area (Å²) < 4.78 is 0. The molecule has 0 spiro atoms. The highest BCUT2D eigenvalue weighted by molar-refractivity contribution is 5.20. The average molecular weight is 188 g/mol. The van der Waals surface area contributed by atoms with Crippen molar-refractivity contribution in [3.8, 4) is 12.3 Å². The Hall–Kier alpha value is -1.33. The Morgan fingerprint density at radius 2 is 2.43 bits per heavy atom. The van der Waals surface area contributed by atoms with Gasteiger partial charge in [0.2, 0.25) is 0 Å². The van der Waals surface area contributed by atoms with Crippen molar-refractivity contribution in [2.45, 2.75) is 32.2 Å². The van der Waals surface area contributed by atoms with Crippen molar-refractivity contribution in [3.63, 3.8) is 0 Å². The van der Waals surface area contributed by atoms with Crippen molar-refractivity contribution in [2.24, 2.45) is 5.73 Å². The molecule has 1 aromatic rings. The smallest absolute Gasteiger partial charge is 0.0600 e. The van der Waals surface area contributed by atoms with Crippen molar-refractivity contribution in [1.82, 2.24) is 4.98 Å². The number of unbranched alkanes of at least 4 members (excludes halogenated alkanes) is 1. The predicted octanol–water partition coefficient (Wildman–Crippen LogP) is 2.19. The van der Waals surface area contributed by atoms with Crippen molar-refractivity contribution < 1.29 is 0 Å². The van der Waals surface area contributed by atoms with Crippen LogP contribution < -0.4 is 5.73 Å². The molecular formula is C12H16N2. The maximum Gasteiger partial charge on any atom is 0.0600 e. The molecule has 0 saturated carbocycles. The fraction of sp³-hybridized carbons (Fsp3) is 0.417. The van der Waals surface area contributed by atoms with Crippen LogP contribution in [0.3, 0.4) is 0 Å². The summed E-state index contributed by atoms with van der Waals surface area (Å²) in [5.74, 6) is 2.61. The molecule has 0 aliphatic rings. The van der Waals surface area contributed by atoms with Crippen molar-refractivity contribution >= 4 is 0 Å². The van der Waals surface area contributed by atoms with Gasteiger partial charge in [-0.1, -0.05) is 6.07 Å². The summed E-state index contributed by atoms with van der Waals surface area (Å²) in [6.45, 7) is 2.03. The number of aromatic nitrogens is 1. The number of hydrogen-bond donors (Lipinski definition) is 1. The molecule has 1 unspecified atom stereocenters. The molecule has 2 N–H and O–H groups in total. The number of hydrogen-bond acceptors (Lipinski definition) is 2. The Bertz CT molecular complexity index is 325. The minimum atomic E-state index is 0.0181. The van der Waals surface area contributed by atoms with Gasteiger partial charge in [0, 0.05) is 18.7 Å². The second kappa shape index (κ2) is 5.41. The minimum Gasteiger partial charge on any atom is -0.323 e. The highest BCUT2D eigenvalue weighted by Gasteiger charge is 2.08. The van der Waals surface area contributed by atoms with Crippen LogP contribution in [-0.2, 0) is 0 Å². The van der Waals surface area contributed by atoms with E-state index in [0.717, 1.165) is 30.5 Å². The van der Waals surface area contributed by atoms with E-state index in [1.165, 1.54) is 0 Å². The highest BCUT2D eigenvalue weighted by atomic mass is 14.8. The zero-order valence-corrected chi connectivity index (χ0v) is 8.53. The third-order valence-electron chi connectivity index (χ3n) is 2.24. The largest absolute Gasteiger partial charge is 0.323 e. The van der Waals surface area contributed by atoms with Crippen LogP contribution in [0, 0.1) is 19.3 Å². The fourth-order valence-corrected chi connectivity index (χ4v) is 1.45. The summed E-state index contributed by atoms with van der Waals surface area (Å²) in [7, 11) is 0. The summed E-state index contributed by atoms with van der Waals surface area (Å²) in [5, 5.41) is 0. The average Bonchev–Trinajstić information content (AvgIpc) is 2.18. The third kappa shape index (κ3) is 2.86. The van der Waals surface area contributed by atoms with Gasteiger partial charge >= 0.3 is 0 Å². The summed E-state index contributed by atoms with van der Waals surface area (Å²) in [6.07, 6.45) is 9.62. The van der Waals surface area contributed by atoms with Gasteiger partial charge in [0.25, 0.3) is 0 Å². The second-order valence-electron chi connectivity index (χ2n) is 3.41. The Balaban J connectivity index is 2.57. The Labute approximate surface area is 85.5 Å². The highest BCUT2D eigenvalue weighted by Crippen LogP contribution is 2.17. The van der Waals surface area contributed by atoms with Crippen LogP contribution in [0.25, 0.3) is 0 Å². The molecule has 14 heavy (non-hydrogen) atoms. The van der Waals surface area contributed by atoms with Crippen LogP contribution in [0.5, 0.6) is 0 Å². The summed E-state index contributed by atoms with van der Waals surface area (Å²) >= 11 is 0. The fourth-order valence-electron chi connectivity index (χ4n) is 1.45. The molecule has 1 heterocycles. The first-order valence-corrected chi connectivity index (χ1v) is 4.86. The number of rotatable bonds is 4. The number of aryl methyl sites for hydroxylation is 1. The van der Waals surface area contributed by atoms with Gasteiger partial charge in [-0.2, -0.15) is 0 Å². The summed E-state index contributed by atoms with van der Waals surface area (Å²) in [4.78, 5) is 4.28. The lowest BCUT2D eigenvalue weighted by Gasteiger charge is -2.12. The third-order valence-corrected chi connectivity index (χ3v) is 2.24. The van der Waals surface area contributed by atoms with Gasteiger partial charge in [-0.05, 0) is 31.4 Å². The molecule has 0 saturated heterocycles. The van der Waals surface area contributed by atoms with E-state index in [1.54, 1.807) is 6.20 Å². The predicted molar refractivity (Wildman–Crippen MR) is 58.6 cm³/mol. The van der Waals surface area contributed by atoms with Gasteiger partial charge in [0.05, 0.1) is 5.69 Å². The monoisotopic (exact) mass is 188 g/mol. The first kappa shape index (κ1) is 10.7. The molecule has 0 aromatic carbocycles. The van der Waals surface area contributed by atoms with E-state index in [1.807, 2.05) is 19.1 Å². The molecular weight excluding hydrogens is 172 g/mol. The van der Waals surface area contributed by atoms with Gasteiger partial charge in [0.15, 0.2) is 0 Å². The van der Waals surface area contributed by atoms with Crippen molar-refractivity contribution in [2.75, 3.05) is 0 Å². The zero-order valence-electron chi connectivity index (χ0n) is 8.53. The number of nitrogens with zero attached hydrogens (tertiary/aromatic N) is 1. The van der Waals surface area contributed by atoms with E-state index in [9.17, 15) is 0 Å². The topological polar surface area (TPSA) is 38.9 Å². The Morgan fingerprint density at radius 1 is 1.64 bits per heavy atom. The van der Waals surface area contributed by atoms with Crippen LogP contribution in [0.4, 0.5) is 0 Å². The van der Waals surface area contributed by atoms with Crippen LogP contribution in [-0.4, -0.2) is 4.98 Å². The Kier molecular flexibility index (Phi) is 4.15. The quantitative estimate of drug-likeness (QED) is 0.581. The van der Waals surface area contributed by atoms with Gasteiger partial charge in [-0.15, -0.1) is 12.3 Å². The molecule has 1 aromatic heterocycles. The van der Waals surface area contributed by atoms with Crippen LogP contribution in [0.15, 0.2) is 18.3 Å². The molecule has 0 aliphatic heterocycles. The molecule has 74 valence electrons. The van der Waals surface area contributed by atoms with Crippen LogP contribution in [0.2, 0.25) is 0 Å². The molecule has 1 atom stereocenters. The summed E-state index contributed by atoms with van der Waals surface area (Å²) in [5.41, 5.74) is 8.15. The van der Waals surface area contributed by atoms with E-state index < -0.39 is 0 Å². The maximum atomic E-state index is 6.01. The number of pyridine rings is 1. The standard InChI is InChI=1S/C12H16N2/c1-3-4-5-8-11(13)12-10(2)7-6-9-14-12/h1,6-7,9,11H,4-5,8,13H2,2H3. The lowest BCUT2D eigenvalue weighted by atomic mass is 10.0. The molecule has 1 rings (SSSR count). The minimum absolute atomic E-state index is 0.0181. The Morgan fingerprint density at radius 3 is 3.07 bits per heavy atom. The van der Waals surface area contributed by atoms with Gasteiger partial charge in [-0.25, -0.2) is 0 Å². The molecule has 2 nitrogen and oxygen atoms in total. The number of terminal acetylenes is 1. The number of nitrogens with two attached hydrogens (primary N) is 1. The van der Waals surface area contributed by atoms with Crippen molar-refractivity contribution in [3.05, 3.63) is 29.6 Å². The SMILES string of the molecule is C#CCCCC(N)c1ncccc1C. The molecule has 0 aliphatic carbocycles. The lowest BCUT2D eigenvalue weighted by molar-refractivity contribution is 0.603. The molecule has 0 bridgehead atoms. The lowest BCUT2D eigenvalue weighted by Crippen LogP contribution is -2.13. The van der Waals surface area contributed by atoms with E-state index >= 15 is 0 Å². The van der Waals surface area contributed by atoms with Gasteiger partial charge in [0.1, 0.15) is 0 Å². The maximum absolute atomic E-state index is 6.01. The molecule has 0 fully saturated rings. The van der Waals surface area contributed by atoms with Crippen LogP contribution in [0.1, 0.15) is 36.6 Å². The van der Waals surface area contributed by atoms with E-state index in [-0.39, 0.29) is 6.04 Å². The zero-order chi connectivity index (χ0) is 10.4. The first-order valence-electron chi connectivity index (χ1n) is 4.86. The van der Waals surface area contributed by atoms with E-state index in [2.05, 4.69) is 10.9 Å². The van der Waals surface area contributed by atoms with Crippen LogP contribution >= 0.6 is 0 Å². The molecule has 0 amide bonds. The summed E-state index contributed by atoms with van der Waals surface area (Å²) in [6, 6.07) is 3.97. The first-order chi connectivity index (χ1) is 6.75. The van der Waals surface area contributed by atoms with E-state index in [0.29, 0.717) is 0 Å². The molecule has 0 radical (unpaired) electrons. The van der Waals surface area contributed by atoms with E-state index in [4.69, 9.17) is 12.2 Å².